The largest absolute Gasteiger partial charge is 0.340 e. The van der Waals surface area contributed by atoms with Gasteiger partial charge in [-0.15, -0.1) is 0 Å². The Morgan fingerprint density at radius 1 is 1.03 bits per heavy atom. The van der Waals surface area contributed by atoms with Gasteiger partial charge in [-0.3, -0.25) is 4.79 Å². The minimum absolute atomic E-state index is 0.00843. The molecular formula is C23H30N4O4S. The van der Waals surface area contributed by atoms with Crippen molar-refractivity contribution in [2.75, 3.05) is 13.1 Å². The predicted octanol–water partition coefficient (Wildman–Crippen LogP) is 2.84. The Morgan fingerprint density at radius 2 is 1.75 bits per heavy atom. The smallest absolute Gasteiger partial charge is 0.315 e. The third-order valence-electron chi connectivity index (χ3n) is 5.62. The van der Waals surface area contributed by atoms with Crippen LogP contribution in [0.3, 0.4) is 0 Å². The van der Waals surface area contributed by atoms with Crippen molar-refractivity contribution in [3.05, 3.63) is 65.7 Å². The van der Waals surface area contributed by atoms with Gasteiger partial charge in [0.2, 0.25) is 15.9 Å². The van der Waals surface area contributed by atoms with Crippen molar-refractivity contribution in [2.45, 2.75) is 49.6 Å². The van der Waals surface area contributed by atoms with E-state index >= 15 is 0 Å². The van der Waals surface area contributed by atoms with Gasteiger partial charge in [-0.1, -0.05) is 48.9 Å². The number of hydrogen-bond acceptors (Lipinski definition) is 4. The molecule has 8 nitrogen and oxygen atoms in total. The molecule has 0 bridgehead atoms. The number of carbonyl (C=O) groups is 2. The average molecular weight is 459 g/mol. The van der Waals surface area contributed by atoms with E-state index in [4.69, 9.17) is 5.14 Å². The normalized spacial score (nSPS) is 16.7. The molecule has 2 aromatic rings. The molecule has 0 saturated carbocycles. The van der Waals surface area contributed by atoms with Gasteiger partial charge < -0.3 is 15.5 Å². The van der Waals surface area contributed by atoms with Crippen LogP contribution in [-0.2, 0) is 14.8 Å². The molecule has 2 aromatic carbocycles. The number of amides is 3. The number of nitrogens with two attached hydrogens (primary N) is 1. The van der Waals surface area contributed by atoms with E-state index < -0.39 is 22.1 Å². The lowest BCUT2D eigenvalue weighted by molar-refractivity contribution is -0.131. The van der Waals surface area contributed by atoms with Gasteiger partial charge in [0, 0.05) is 19.5 Å². The summed E-state index contributed by atoms with van der Waals surface area (Å²) in [6.07, 6.45) is 3.41. The molecule has 172 valence electrons. The summed E-state index contributed by atoms with van der Waals surface area (Å²) in [5.41, 5.74) is 1.52. The summed E-state index contributed by atoms with van der Waals surface area (Å²) in [6.45, 7) is 2.84. The van der Waals surface area contributed by atoms with Crippen LogP contribution in [0.15, 0.2) is 59.5 Å². The molecule has 9 heteroatoms. The molecule has 1 saturated heterocycles. The summed E-state index contributed by atoms with van der Waals surface area (Å²) in [4.78, 5) is 27.1. The molecule has 1 aliphatic heterocycles. The lowest BCUT2D eigenvalue weighted by atomic mass is 10.1. The topological polar surface area (TPSA) is 122 Å². The molecule has 1 heterocycles. The molecule has 2 unspecified atom stereocenters. The molecule has 3 rings (SSSR count). The second-order valence-electron chi connectivity index (χ2n) is 8.07. The van der Waals surface area contributed by atoms with Crippen LogP contribution in [0.1, 0.15) is 55.8 Å². The highest BCUT2D eigenvalue weighted by molar-refractivity contribution is 7.89. The van der Waals surface area contributed by atoms with E-state index in [1.54, 1.807) is 19.1 Å². The van der Waals surface area contributed by atoms with E-state index in [1.165, 1.54) is 12.1 Å². The van der Waals surface area contributed by atoms with E-state index in [0.717, 1.165) is 24.8 Å². The Morgan fingerprint density at radius 3 is 2.47 bits per heavy atom. The van der Waals surface area contributed by atoms with Crippen LogP contribution in [0.4, 0.5) is 4.79 Å². The van der Waals surface area contributed by atoms with Crippen molar-refractivity contribution in [1.29, 1.82) is 0 Å². The van der Waals surface area contributed by atoms with Gasteiger partial charge in [0.25, 0.3) is 0 Å². The summed E-state index contributed by atoms with van der Waals surface area (Å²) >= 11 is 0. The van der Waals surface area contributed by atoms with Gasteiger partial charge in [-0.05, 0) is 43.0 Å². The van der Waals surface area contributed by atoms with Crippen molar-refractivity contribution in [3.63, 3.8) is 0 Å². The molecule has 0 spiro atoms. The minimum Gasteiger partial charge on any atom is -0.340 e. The average Bonchev–Trinajstić information content (AvgIpc) is 2.97. The lowest BCUT2D eigenvalue weighted by Crippen LogP contribution is -2.44. The molecule has 1 fully saturated rings. The first-order valence-electron chi connectivity index (χ1n) is 10.8. The number of likely N-dealkylation sites (tertiary alicyclic amines) is 1. The van der Waals surface area contributed by atoms with Crippen molar-refractivity contribution < 1.29 is 18.0 Å². The van der Waals surface area contributed by atoms with Crippen LogP contribution in [0.25, 0.3) is 0 Å². The van der Waals surface area contributed by atoms with Gasteiger partial charge in [0.05, 0.1) is 17.0 Å². The van der Waals surface area contributed by atoms with Gasteiger partial charge in [0.1, 0.15) is 0 Å². The molecule has 0 aromatic heterocycles. The molecule has 0 radical (unpaired) electrons. The highest BCUT2D eigenvalue weighted by Crippen LogP contribution is 2.20. The molecular weight excluding hydrogens is 428 g/mol. The van der Waals surface area contributed by atoms with E-state index in [-0.39, 0.29) is 16.8 Å². The number of rotatable bonds is 7. The van der Waals surface area contributed by atoms with Crippen molar-refractivity contribution in [2.24, 2.45) is 5.14 Å². The van der Waals surface area contributed by atoms with Gasteiger partial charge >= 0.3 is 6.03 Å². The fourth-order valence-corrected chi connectivity index (χ4v) is 4.38. The Hall–Kier alpha value is -2.91. The van der Waals surface area contributed by atoms with E-state index in [9.17, 15) is 18.0 Å². The van der Waals surface area contributed by atoms with Crippen molar-refractivity contribution in [3.8, 4) is 0 Å². The third-order valence-corrected chi connectivity index (χ3v) is 6.53. The van der Waals surface area contributed by atoms with Crippen molar-refractivity contribution in [1.82, 2.24) is 15.5 Å². The fraction of sp³-hybridized carbons (Fsp3) is 0.391. The number of benzene rings is 2. The SMILES string of the molecule is CC(NC(=O)NC(CN1CCCCCC1=O)c1ccccc1)c1cccc(S(N)(=O)=O)c1. The second-order valence-corrected chi connectivity index (χ2v) is 9.63. The van der Waals surface area contributed by atoms with Crippen LogP contribution in [0, 0.1) is 0 Å². The van der Waals surface area contributed by atoms with Crippen LogP contribution in [0.5, 0.6) is 0 Å². The van der Waals surface area contributed by atoms with Crippen LogP contribution < -0.4 is 15.8 Å². The van der Waals surface area contributed by atoms with Crippen molar-refractivity contribution >= 4 is 22.0 Å². The molecule has 2 atom stereocenters. The second kappa shape index (κ2) is 10.6. The first-order chi connectivity index (χ1) is 15.2. The first kappa shape index (κ1) is 23.7. The Labute approximate surface area is 189 Å². The summed E-state index contributed by atoms with van der Waals surface area (Å²) < 4.78 is 23.2. The maximum atomic E-state index is 12.8. The zero-order chi connectivity index (χ0) is 23.1. The Bertz CT molecular complexity index is 1040. The number of carbonyl (C=O) groups excluding carboxylic acids is 2. The maximum Gasteiger partial charge on any atom is 0.315 e. The van der Waals surface area contributed by atoms with Crippen LogP contribution in [0.2, 0.25) is 0 Å². The zero-order valence-corrected chi connectivity index (χ0v) is 19.0. The van der Waals surface area contributed by atoms with E-state index in [2.05, 4.69) is 10.6 Å². The predicted molar refractivity (Wildman–Crippen MR) is 122 cm³/mol. The molecule has 4 N–H and O–H groups in total. The Balaban J connectivity index is 1.71. The number of nitrogens with zero attached hydrogens (tertiary/aromatic N) is 1. The first-order valence-corrected chi connectivity index (χ1v) is 12.3. The highest BCUT2D eigenvalue weighted by Gasteiger charge is 2.24. The summed E-state index contributed by atoms with van der Waals surface area (Å²) in [6, 6.07) is 14.5. The molecule has 3 amide bonds. The maximum absolute atomic E-state index is 12.8. The minimum atomic E-state index is -3.83. The molecule has 32 heavy (non-hydrogen) atoms. The van der Waals surface area contributed by atoms with Crippen LogP contribution >= 0.6 is 0 Å². The quantitative estimate of drug-likeness (QED) is 0.590. The van der Waals surface area contributed by atoms with E-state index in [0.29, 0.717) is 25.1 Å². The number of primary sulfonamides is 1. The Kier molecular flexibility index (Phi) is 7.87. The zero-order valence-electron chi connectivity index (χ0n) is 18.2. The van der Waals surface area contributed by atoms with E-state index in [1.807, 2.05) is 35.2 Å². The number of nitrogens with one attached hydrogen (secondary N) is 2. The summed E-state index contributed by atoms with van der Waals surface area (Å²) in [7, 11) is -3.83. The van der Waals surface area contributed by atoms with Gasteiger partial charge in [0.15, 0.2) is 0 Å². The number of urea groups is 1. The highest BCUT2D eigenvalue weighted by atomic mass is 32.2. The lowest BCUT2D eigenvalue weighted by Gasteiger charge is -2.28. The third kappa shape index (κ3) is 6.54. The molecule has 1 aliphatic rings. The molecule has 0 aliphatic carbocycles. The summed E-state index contributed by atoms with van der Waals surface area (Å²) in [5, 5.41) is 11.0. The number of hydrogen-bond donors (Lipinski definition) is 3. The summed E-state index contributed by atoms with van der Waals surface area (Å²) in [5.74, 6) is 0.110. The van der Waals surface area contributed by atoms with Gasteiger partial charge in [-0.25, -0.2) is 18.4 Å². The van der Waals surface area contributed by atoms with Gasteiger partial charge in [-0.2, -0.15) is 0 Å². The standard InChI is InChI=1S/C23H30N4O4S/c1-17(19-11-8-12-20(15-19)32(24,30)31)25-23(29)26-21(18-9-4-2-5-10-18)16-27-14-7-3-6-13-22(27)28/h2,4-5,8-12,15,17,21H,3,6-7,13-14,16H2,1H3,(H2,24,30,31)(H2,25,26,29). The monoisotopic (exact) mass is 458 g/mol. The van der Waals surface area contributed by atoms with Crippen LogP contribution in [-0.4, -0.2) is 38.3 Å². The fourth-order valence-electron chi connectivity index (χ4n) is 3.81. The number of sulfonamides is 1.